The lowest BCUT2D eigenvalue weighted by atomic mass is 10.2. The number of thioether (sulfide) groups is 1. The lowest BCUT2D eigenvalue weighted by Gasteiger charge is -2.19. The molecule has 7 heteroatoms. The Morgan fingerprint density at radius 1 is 1.10 bits per heavy atom. The molecule has 4 aromatic rings. The Morgan fingerprint density at radius 3 is 2.61 bits per heavy atom. The van der Waals surface area contributed by atoms with E-state index in [9.17, 15) is 4.79 Å². The SMILES string of the molecule is Cc1ccc(SCCC(=O)N(Cc2ccccn2)c2nc3c(C)ccc(Cl)c3s2)cc1. The minimum absolute atomic E-state index is 0.0260. The molecule has 0 fully saturated rings. The van der Waals surface area contributed by atoms with Gasteiger partial charge >= 0.3 is 0 Å². The summed E-state index contributed by atoms with van der Waals surface area (Å²) in [6.45, 7) is 4.45. The van der Waals surface area contributed by atoms with Gasteiger partial charge in [-0.3, -0.25) is 14.7 Å². The third-order valence-corrected chi connectivity index (χ3v) is 7.42. The minimum Gasteiger partial charge on any atom is -0.282 e. The smallest absolute Gasteiger partial charge is 0.229 e. The van der Waals surface area contributed by atoms with Gasteiger partial charge in [0.2, 0.25) is 5.91 Å². The van der Waals surface area contributed by atoms with Gasteiger partial charge in [0, 0.05) is 23.3 Å². The average Bonchev–Trinajstić information content (AvgIpc) is 3.23. The van der Waals surface area contributed by atoms with Crippen LogP contribution in [0.5, 0.6) is 0 Å². The first kappa shape index (κ1) is 21.8. The van der Waals surface area contributed by atoms with Crippen molar-refractivity contribution in [2.45, 2.75) is 31.7 Å². The van der Waals surface area contributed by atoms with Crippen molar-refractivity contribution in [3.63, 3.8) is 0 Å². The molecule has 4 nitrogen and oxygen atoms in total. The highest BCUT2D eigenvalue weighted by molar-refractivity contribution is 7.99. The normalized spacial score (nSPS) is 11.1. The summed E-state index contributed by atoms with van der Waals surface area (Å²) < 4.78 is 0.907. The van der Waals surface area contributed by atoms with Crippen LogP contribution in [0.15, 0.2) is 65.7 Å². The highest BCUT2D eigenvalue weighted by Crippen LogP contribution is 2.36. The number of carbonyl (C=O) groups is 1. The summed E-state index contributed by atoms with van der Waals surface area (Å²) in [5.41, 5.74) is 3.94. The Morgan fingerprint density at radius 2 is 1.90 bits per heavy atom. The van der Waals surface area contributed by atoms with E-state index in [0.29, 0.717) is 28.9 Å². The molecule has 0 N–H and O–H groups in total. The monoisotopic (exact) mass is 467 g/mol. The van der Waals surface area contributed by atoms with Gasteiger partial charge in [0.05, 0.1) is 27.5 Å². The first-order valence-corrected chi connectivity index (χ1v) is 12.1. The summed E-state index contributed by atoms with van der Waals surface area (Å²) in [4.78, 5) is 25.3. The summed E-state index contributed by atoms with van der Waals surface area (Å²) in [5, 5.41) is 1.31. The number of aromatic nitrogens is 2. The number of thiazole rings is 1. The molecule has 0 saturated carbocycles. The average molecular weight is 468 g/mol. The number of anilines is 1. The van der Waals surface area contributed by atoms with Gasteiger partial charge in [-0.25, -0.2) is 4.98 Å². The molecule has 0 unspecified atom stereocenters. The molecule has 2 aromatic carbocycles. The van der Waals surface area contributed by atoms with Crippen molar-refractivity contribution in [1.82, 2.24) is 9.97 Å². The van der Waals surface area contributed by atoms with Crippen LogP contribution in [0.25, 0.3) is 10.2 Å². The predicted molar refractivity (Wildman–Crippen MR) is 131 cm³/mol. The first-order chi connectivity index (χ1) is 15.0. The fraction of sp³-hybridized carbons (Fsp3) is 0.208. The standard InChI is InChI=1S/C24H22ClN3OS2/c1-16-6-9-19(10-7-16)30-14-12-21(29)28(15-18-5-3-4-13-26-18)24-27-22-17(2)8-11-20(25)23(22)31-24/h3-11,13H,12,14-15H2,1-2H3. The second kappa shape index (κ2) is 9.81. The van der Waals surface area contributed by atoms with E-state index in [0.717, 1.165) is 26.4 Å². The number of benzene rings is 2. The molecule has 2 heterocycles. The molecule has 31 heavy (non-hydrogen) atoms. The Hall–Kier alpha value is -2.41. The summed E-state index contributed by atoms with van der Waals surface area (Å²) in [6, 6.07) is 17.9. The zero-order chi connectivity index (χ0) is 21.8. The highest BCUT2D eigenvalue weighted by atomic mass is 35.5. The highest BCUT2D eigenvalue weighted by Gasteiger charge is 2.22. The molecular weight excluding hydrogens is 446 g/mol. The van der Waals surface area contributed by atoms with Gasteiger partial charge in [-0.05, 0) is 49.7 Å². The third kappa shape index (κ3) is 5.26. The number of pyridine rings is 1. The quantitative estimate of drug-likeness (QED) is 0.284. The Bertz CT molecular complexity index is 1150. The second-order valence-corrected chi connectivity index (χ2v) is 9.80. The van der Waals surface area contributed by atoms with Gasteiger partial charge in [0.15, 0.2) is 5.13 Å². The van der Waals surface area contributed by atoms with Gasteiger partial charge in [-0.2, -0.15) is 0 Å². The molecule has 0 spiro atoms. The number of carbonyl (C=O) groups excluding carboxylic acids is 1. The molecule has 0 bridgehead atoms. The number of fused-ring (bicyclic) bond motifs is 1. The molecule has 1 amide bonds. The maximum atomic E-state index is 13.3. The molecule has 158 valence electrons. The van der Waals surface area contributed by atoms with Crippen molar-refractivity contribution >= 4 is 56.0 Å². The summed E-state index contributed by atoms with van der Waals surface area (Å²) in [6.07, 6.45) is 2.15. The fourth-order valence-electron chi connectivity index (χ4n) is 3.15. The number of hydrogen-bond acceptors (Lipinski definition) is 5. The number of rotatable bonds is 7. The molecule has 0 aliphatic rings. The van der Waals surface area contributed by atoms with Crippen LogP contribution in [0.3, 0.4) is 0 Å². The minimum atomic E-state index is 0.0260. The number of halogens is 1. The van der Waals surface area contributed by atoms with Crippen LogP contribution in [-0.2, 0) is 11.3 Å². The molecule has 2 aromatic heterocycles. The van der Waals surface area contributed by atoms with Gasteiger partial charge in [-0.15, -0.1) is 11.8 Å². The first-order valence-electron chi connectivity index (χ1n) is 9.96. The van der Waals surface area contributed by atoms with Crippen molar-refractivity contribution in [2.24, 2.45) is 0 Å². The second-order valence-electron chi connectivity index (χ2n) is 7.25. The van der Waals surface area contributed by atoms with Crippen molar-refractivity contribution in [2.75, 3.05) is 10.7 Å². The molecule has 0 aliphatic carbocycles. The zero-order valence-electron chi connectivity index (χ0n) is 17.3. The topological polar surface area (TPSA) is 46.1 Å². The van der Waals surface area contributed by atoms with E-state index in [1.54, 1.807) is 22.9 Å². The van der Waals surface area contributed by atoms with Crippen LogP contribution < -0.4 is 4.90 Å². The summed E-state index contributed by atoms with van der Waals surface area (Å²) in [5.74, 6) is 0.726. The van der Waals surface area contributed by atoms with Crippen LogP contribution in [0.2, 0.25) is 5.02 Å². The molecule has 4 rings (SSSR count). The Kier molecular flexibility index (Phi) is 6.90. The van der Waals surface area contributed by atoms with Gasteiger partial charge in [0.25, 0.3) is 0 Å². The lowest BCUT2D eigenvalue weighted by Crippen LogP contribution is -2.30. The third-order valence-electron chi connectivity index (χ3n) is 4.87. The van der Waals surface area contributed by atoms with Crippen molar-refractivity contribution < 1.29 is 4.79 Å². The fourth-order valence-corrected chi connectivity index (χ4v) is 5.32. The summed E-state index contributed by atoms with van der Waals surface area (Å²) in [7, 11) is 0. The number of nitrogens with zero attached hydrogens (tertiary/aromatic N) is 3. The van der Waals surface area contributed by atoms with Crippen LogP contribution in [0, 0.1) is 13.8 Å². The molecule has 0 saturated heterocycles. The predicted octanol–water partition coefficient (Wildman–Crippen LogP) is 6.68. The maximum absolute atomic E-state index is 13.3. The molecule has 0 aliphatic heterocycles. The van der Waals surface area contributed by atoms with Crippen LogP contribution >= 0.6 is 34.7 Å². The molecule has 0 radical (unpaired) electrons. The van der Waals surface area contributed by atoms with Crippen molar-refractivity contribution in [1.29, 1.82) is 0 Å². The van der Waals surface area contributed by atoms with Gasteiger partial charge in [0.1, 0.15) is 0 Å². The lowest BCUT2D eigenvalue weighted by molar-refractivity contribution is -0.118. The van der Waals surface area contributed by atoms with Crippen LogP contribution in [0.4, 0.5) is 5.13 Å². The van der Waals surface area contributed by atoms with E-state index in [-0.39, 0.29) is 5.91 Å². The summed E-state index contributed by atoms with van der Waals surface area (Å²) >= 11 is 9.54. The Balaban J connectivity index is 1.56. The van der Waals surface area contributed by atoms with E-state index in [4.69, 9.17) is 16.6 Å². The van der Waals surface area contributed by atoms with E-state index >= 15 is 0 Å². The van der Waals surface area contributed by atoms with E-state index in [1.807, 2.05) is 37.3 Å². The van der Waals surface area contributed by atoms with E-state index < -0.39 is 0 Å². The van der Waals surface area contributed by atoms with E-state index in [1.165, 1.54) is 16.9 Å². The Labute approximate surface area is 195 Å². The van der Waals surface area contributed by atoms with Crippen LogP contribution in [-0.4, -0.2) is 21.6 Å². The van der Waals surface area contributed by atoms with Crippen LogP contribution in [0.1, 0.15) is 23.2 Å². The van der Waals surface area contributed by atoms with Gasteiger partial charge < -0.3 is 0 Å². The molecule has 0 atom stereocenters. The van der Waals surface area contributed by atoms with Crippen molar-refractivity contribution in [3.8, 4) is 0 Å². The number of amides is 1. The van der Waals surface area contributed by atoms with Crippen molar-refractivity contribution in [3.05, 3.63) is 82.6 Å². The largest absolute Gasteiger partial charge is 0.282 e. The van der Waals surface area contributed by atoms with E-state index in [2.05, 4.69) is 36.2 Å². The van der Waals surface area contributed by atoms with Gasteiger partial charge in [-0.1, -0.05) is 52.8 Å². The maximum Gasteiger partial charge on any atom is 0.229 e. The zero-order valence-corrected chi connectivity index (χ0v) is 19.7. The number of aryl methyl sites for hydroxylation is 2. The number of hydrogen-bond donors (Lipinski definition) is 0. The molecular formula is C24H22ClN3OS2.